The van der Waals surface area contributed by atoms with E-state index in [9.17, 15) is 0 Å². The number of aliphatic imine (C=N–C) groups is 1. The zero-order chi connectivity index (χ0) is 18.4. The molecule has 0 amide bonds. The highest BCUT2D eigenvalue weighted by Gasteiger charge is 2.22. The van der Waals surface area contributed by atoms with Gasteiger partial charge in [-0.15, -0.1) is 24.0 Å². The Morgan fingerprint density at radius 2 is 1.96 bits per heavy atom. The number of hydrogen-bond acceptors (Lipinski definition) is 3. The van der Waals surface area contributed by atoms with Crippen LogP contribution in [-0.2, 0) is 19.0 Å². The smallest absolute Gasteiger partial charge is 0.191 e. The zero-order valence-corrected chi connectivity index (χ0v) is 19.2. The van der Waals surface area contributed by atoms with Crippen molar-refractivity contribution in [1.29, 1.82) is 0 Å². The summed E-state index contributed by atoms with van der Waals surface area (Å²) in [6.07, 6.45) is 1.53. The first-order valence-electron chi connectivity index (χ1n) is 8.14. The third kappa shape index (κ3) is 6.28. The molecule has 0 fully saturated rings. The van der Waals surface area contributed by atoms with E-state index in [1.807, 2.05) is 32.2 Å². The lowest BCUT2D eigenvalue weighted by Crippen LogP contribution is -2.43. The molecule has 144 valence electrons. The third-order valence-electron chi connectivity index (χ3n) is 3.93. The van der Waals surface area contributed by atoms with Crippen LogP contribution in [0.1, 0.15) is 32.2 Å². The van der Waals surface area contributed by atoms with Gasteiger partial charge in [0.25, 0.3) is 0 Å². The highest BCUT2D eigenvalue weighted by atomic mass is 127. The second-order valence-corrected chi connectivity index (χ2v) is 7.18. The molecule has 2 aromatic rings. The molecule has 0 radical (unpaired) electrons. The van der Waals surface area contributed by atoms with Crippen molar-refractivity contribution in [2.24, 2.45) is 12.0 Å². The molecule has 0 aliphatic heterocycles. The fourth-order valence-corrected chi connectivity index (χ4v) is 2.58. The highest BCUT2D eigenvalue weighted by molar-refractivity contribution is 14.0. The van der Waals surface area contributed by atoms with Crippen LogP contribution in [0.4, 0.5) is 0 Å². The minimum atomic E-state index is -0.144. The first kappa shape index (κ1) is 23.0. The second-order valence-electron chi connectivity index (χ2n) is 6.36. The molecule has 0 aliphatic carbocycles. The lowest BCUT2D eigenvalue weighted by molar-refractivity contribution is 0.508. The number of nitrogens with zero attached hydrogens (tertiary/aromatic N) is 4. The number of nitrogens with one attached hydrogen (secondary N) is 2. The number of hydrogen-bond donors (Lipinski definition) is 2. The molecule has 2 rings (SSSR count). The molecule has 0 spiro atoms. The van der Waals surface area contributed by atoms with Gasteiger partial charge in [0.05, 0.1) is 10.0 Å². The van der Waals surface area contributed by atoms with Crippen molar-refractivity contribution < 1.29 is 0 Å². The molecule has 26 heavy (non-hydrogen) atoms. The van der Waals surface area contributed by atoms with Gasteiger partial charge in [0.1, 0.15) is 18.7 Å². The molecular formula is C17H25Cl2IN6. The topological polar surface area (TPSA) is 67.1 Å². The number of aromatic nitrogens is 3. The Morgan fingerprint density at radius 3 is 2.54 bits per heavy atom. The van der Waals surface area contributed by atoms with E-state index in [0.29, 0.717) is 23.1 Å². The fourth-order valence-electron chi connectivity index (χ4n) is 2.28. The molecule has 0 aliphatic rings. The van der Waals surface area contributed by atoms with Gasteiger partial charge < -0.3 is 10.6 Å². The summed E-state index contributed by atoms with van der Waals surface area (Å²) < 4.78 is 1.71. The van der Waals surface area contributed by atoms with E-state index < -0.39 is 0 Å². The molecule has 9 heteroatoms. The normalized spacial score (nSPS) is 11.8. The van der Waals surface area contributed by atoms with E-state index in [1.54, 1.807) is 4.68 Å². The Balaban J connectivity index is 0.00000338. The van der Waals surface area contributed by atoms with Crippen LogP contribution in [-0.4, -0.2) is 33.8 Å². The van der Waals surface area contributed by atoms with Crippen LogP contribution in [0.25, 0.3) is 0 Å². The first-order chi connectivity index (χ1) is 11.8. The standard InChI is InChI=1S/C17H24Cl2N6.HI/c1-5-20-16(21-9-15-23-11-24-25(15)4)22-10-17(2,3)12-6-7-13(18)14(19)8-12;/h6-8,11H,5,9-10H2,1-4H3,(H2,20,21,22);1H. The van der Waals surface area contributed by atoms with Gasteiger partial charge in [-0.3, -0.25) is 4.68 Å². The van der Waals surface area contributed by atoms with E-state index in [1.165, 1.54) is 6.33 Å². The Kier molecular flexibility index (Phi) is 9.12. The minimum Gasteiger partial charge on any atom is -0.357 e. The third-order valence-corrected chi connectivity index (χ3v) is 4.67. The fraction of sp³-hybridized carbons (Fsp3) is 0.471. The van der Waals surface area contributed by atoms with Crippen molar-refractivity contribution in [3.63, 3.8) is 0 Å². The molecular weight excluding hydrogens is 486 g/mol. The molecule has 0 saturated carbocycles. The van der Waals surface area contributed by atoms with Crippen LogP contribution in [0.2, 0.25) is 10.0 Å². The summed E-state index contributed by atoms with van der Waals surface area (Å²) in [5.74, 6) is 1.54. The number of rotatable bonds is 6. The van der Waals surface area contributed by atoms with Crippen LogP contribution in [0, 0.1) is 0 Å². The summed E-state index contributed by atoms with van der Waals surface area (Å²) in [6.45, 7) is 8.24. The van der Waals surface area contributed by atoms with Crippen molar-refractivity contribution >= 4 is 53.1 Å². The molecule has 1 aromatic heterocycles. The van der Waals surface area contributed by atoms with E-state index in [4.69, 9.17) is 23.2 Å². The van der Waals surface area contributed by atoms with Crippen LogP contribution in [0.3, 0.4) is 0 Å². The monoisotopic (exact) mass is 510 g/mol. The van der Waals surface area contributed by atoms with Crippen molar-refractivity contribution in [2.45, 2.75) is 32.7 Å². The van der Waals surface area contributed by atoms with Crippen molar-refractivity contribution in [2.75, 3.05) is 13.1 Å². The van der Waals surface area contributed by atoms with Gasteiger partial charge in [-0.2, -0.15) is 5.10 Å². The van der Waals surface area contributed by atoms with E-state index in [0.717, 1.165) is 23.9 Å². The summed E-state index contributed by atoms with van der Waals surface area (Å²) >= 11 is 12.2. The number of aryl methyl sites for hydroxylation is 1. The van der Waals surface area contributed by atoms with Crippen LogP contribution in [0.15, 0.2) is 29.5 Å². The molecule has 0 unspecified atom stereocenters. The van der Waals surface area contributed by atoms with Crippen molar-refractivity contribution in [3.05, 3.63) is 46.0 Å². The molecule has 0 saturated heterocycles. The van der Waals surface area contributed by atoms with Gasteiger partial charge in [0.15, 0.2) is 5.96 Å². The predicted octanol–water partition coefficient (Wildman–Crippen LogP) is 3.77. The summed E-state index contributed by atoms with van der Waals surface area (Å²) in [7, 11) is 1.85. The number of halogens is 3. The van der Waals surface area contributed by atoms with Crippen LogP contribution >= 0.6 is 47.2 Å². The minimum absolute atomic E-state index is 0. The summed E-state index contributed by atoms with van der Waals surface area (Å²) in [5.41, 5.74) is 0.966. The average Bonchev–Trinajstić information content (AvgIpc) is 2.98. The van der Waals surface area contributed by atoms with Crippen LogP contribution < -0.4 is 10.6 Å². The van der Waals surface area contributed by atoms with E-state index in [-0.39, 0.29) is 29.4 Å². The van der Waals surface area contributed by atoms with E-state index >= 15 is 0 Å². The Labute approximate surface area is 181 Å². The Morgan fingerprint density at radius 1 is 1.23 bits per heavy atom. The van der Waals surface area contributed by atoms with Crippen molar-refractivity contribution in [3.8, 4) is 0 Å². The largest absolute Gasteiger partial charge is 0.357 e. The van der Waals surface area contributed by atoms with E-state index in [2.05, 4.69) is 39.6 Å². The first-order valence-corrected chi connectivity index (χ1v) is 8.89. The highest BCUT2D eigenvalue weighted by Crippen LogP contribution is 2.29. The molecule has 1 heterocycles. The van der Waals surface area contributed by atoms with Gasteiger partial charge in [0, 0.05) is 25.6 Å². The molecule has 2 N–H and O–H groups in total. The molecule has 0 atom stereocenters. The second kappa shape index (κ2) is 10.3. The maximum atomic E-state index is 6.15. The lowest BCUT2D eigenvalue weighted by atomic mass is 9.84. The van der Waals surface area contributed by atoms with Crippen molar-refractivity contribution in [1.82, 2.24) is 25.4 Å². The molecule has 0 bridgehead atoms. The number of guanidine groups is 1. The SMILES string of the molecule is CCNC(=NCc1ncnn1C)NCC(C)(C)c1ccc(Cl)c(Cl)c1.I. The molecule has 1 aromatic carbocycles. The summed E-state index contributed by atoms with van der Waals surface area (Å²) in [5, 5.41) is 11.8. The Bertz CT molecular complexity index is 745. The Hall–Kier alpha value is -1.06. The molecule has 6 nitrogen and oxygen atoms in total. The van der Waals surface area contributed by atoms with Crippen LogP contribution in [0.5, 0.6) is 0 Å². The van der Waals surface area contributed by atoms with Gasteiger partial charge in [0.2, 0.25) is 0 Å². The maximum Gasteiger partial charge on any atom is 0.191 e. The quantitative estimate of drug-likeness (QED) is 0.352. The summed E-state index contributed by atoms with van der Waals surface area (Å²) in [6, 6.07) is 5.74. The van der Waals surface area contributed by atoms with Gasteiger partial charge in [-0.1, -0.05) is 43.1 Å². The van der Waals surface area contributed by atoms with Gasteiger partial charge >= 0.3 is 0 Å². The lowest BCUT2D eigenvalue weighted by Gasteiger charge is -2.27. The number of benzene rings is 1. The zero-order valence-electron chi connectivity index (χ0n) is 15.4. The predicted molar refractivity (Wildman–Crippen MR) is 119 cm³/mol. The average molecular weight is 511 g/mol. The van der Waals surface area contributed by atoms with Gasteiger partial charge in [-0.25, -0.2) is 9.98 Å². The summed E-state index contributed by atoms with van der Waals surface area (Å²) in [4.78, 5) is 8.75. The maximum absolute atomic E-state index is 6.15. The van der Waals surface area contributed by atoms with Gasteiger partial charge in [-0.05, 0) is 24.6 Å².